The van der Waals surface area contributed by atoms with E-state index in [0.717, 1.165) is 45.8 Å². The zero-order valence-electron chi connectivity index (χ0n) is 26.1. The molecule has 49 heavy (non-hydrogen) atoms. The van der Waals surface area contributed by atoms with E-state index >= 15 is 0 Å². The number of amides is 2. The molecule has 0 fully saturated rings. The first kappa shape index (κ1) is 30.2. The van der Waals surface area contributed by atoms with Crippen molar-refractivity contribution in [2.24, 2.45) is 0 Å². The van der Waals surface area contributed by atoms with E-state index in [2.05, 4.69) is 13.0 Å². The number of nitrogens with zero attached hydrogens (tertiary/aromatic N) is 3. The van der Waals surface area contributed by atoms with Crippen molar-refractivity contribution in [1.29, 1.82) is 5.26 Å². The smallest absolute Gasteiger partial charge is 0.309 e. The Morgan fingerprint density at radius 2 is 1.45 bits per heavy atom. The Morgan fingerprint density at radius 3 is 2.22 bits per heavy atom. The van der Waals surface area contributed by atoms with Gasteiger partial charge in [-0.1, -0.05) is 85.8 Å². The van der Waals surface area contributed by atoms with Gasteiger partial charge in [-0.25, -0.2) is 4.90 Å². The van der Waals surface area contributed by atoms with Crippen molar-refractivity contribution in [3.05, 3.63) is 149 Å². The quantitative estimate of drug-likeness (QED) is 0.179. The van der Waals surface area contributed by atoms with E-state index in [1.54, 1.807) is 30.3 Å². The van der Waals surface area contributed by atoms with E-state index in [4.69, 9.17) is 0 Å². The van der Waals surface area contributed by atoms with Crippen LogP contribution in [0, 0.1) is 11.3 Å². The van der Waals surface area contributed by atoms with Gasteiger partial charge in [0.2, 0.25) is 0 Å². The third-order valence-electron chi connectivity index (χ3n) is 9.45. The molecule has 0 saturated carbocycles. The first-order chi connectivity index (χ1) is 23.7. The number of halogens is 3. The van der Waals surface area contributed by atoms with Crippen molar-refractivity contribution in [2.45, 2.75) is 25.4 Å². The number of allylic oxidation sites excluding steroid dienone is 1. The second-order valence-corrected chi connectivity index (χ2v) is 12.3. The summed E-state index contributed by atoms with van der Waals surface area (Å²) in [4.78, 5) is 29.8. The lowest BCUT2D eigenvalue weighted by molar-refractivity contribution is -0.137. The molecule has 5 nitrogen and oxygen atoms in total. The Morgan fingerprint density at radius 1 is 0.755 bits per heavy atom. The maximum atomic E-state index is 14.5. The van der Waals surface area contributed by atoms with Gasteiger partial charge in [-0.15, -0.1) is 0 Å². The predicted octanol–water partition coefficient (Wildman–Crippen LogP) is 10.2. The van der Waals surface area contributed by atoms with E-state index in [9.17, 15) is 28.0 Å². The van der Waals surface area contributed by atoms with Crippen molar-refractivity contribution in [1.82, 2.24) is 4.57 Å². The molecular weight excluding hydrogens is 623 g/mol. The van der Waals surface area contributed by atoms with Gasteiger partial charge in [-0.05, 0) is 77.1 Å². The highest BCUT2D eigenvalue weighted by Gasteiger charge is 2.41. The number of rotatable bonds is 4. The summed E-state index contributed by atoms with van der Waals surface area (Å²) in [7, 11) is 0. The van der Waals surface area contributed by atoms with Gasteiger partial charge < -0.3 is 4.57 Å². The largest absolute Gasteiger partial charge is 0.417 e. The molecule has 0 N–H and O–H groups in total. The molecule has 8 heteroatoms. The van der Waals surface area contributed by atoms with Crippen LogP contribution in [0.1, 0.15) is 62.4 Å². The fourth-order valence-electron chi connectivity index (χ4n) is 7.31. The molecule has 2 heterocycles. The maximum Gasteiger partial charge on any atom is 0.417 e. The predicted molar refractivity (Wildman–Crippen MR) is 184 cm³/mol. The average molecular weight is 650 g/mol. The Bertz CT molecular complexity index is 2430. The van der Waals surface area contributed by atoms with Gasteiger partial charge in [0.1, 0.15) is 0 Å². The summed E-state index contributed by atoms with van der Waals surface area (Å²) in [5, 5.41) is 10.5. The third-order valence-corrected chi connectivity index (χ3v) is 9.45. The summed E-state index contributed by atoms with van der Waals surface area (Å²) in [6.07, 6.45) is 0.137. The first-order valence-electron chi connectivity index (χ1n) is 15.8. The summed E-state index contributed by atoms with van der Waals surface area (Å²) < 4.78 is 43.0. The summed E-state index contributed by atoms with van der Waals surface area (Å²) in [6, 6.07) is 33.1. The fourth-order valence-corrected chi connectivity index (χ4v) is 7.31. The first-order valence-corrected chi connectivity index (χ1v) is 15.8. The van der Waals surface area contributed by atoms with Crippen LogP contribution >= 0.6 is 0 Å². The number of hydrogen-bond donors (Lipinski definition) is 0. The molecule has 1 atom stereocenters. The van der Waals surface area contributed by atoms with Crippen LogP contribution in [0.15, 0.2) is 115 Å². The lowest BCUT2D eigenvalue weighted by atomic mass is 9.87. The lowest BCUT2D eigenvalue weighted by Gasteiger charge is -2.19. The number of alkyl halides is 3. The Hall–Kier alpha value is -6.20. The average Bonchev–Trinajstić information content (AvgIpc) is 3.59. The summed E-state index contributed by atoms with van der Waals surface area (Å²) in [6.45, 7) is 2.09. The zero-order chi connectivity index (χ0) is 34.0. The van der Waals surface area contributed by atoms with Gasteiger partial charge >= 0.3 is 6.18 Å². The van der Waals surface area contributed by atoms with Gasteiger partial charge in [0.05, 0.1) is 50.9 Å². The molecule has 2 aliphatic rings. The topological polar surface area (TPSA) is 66.1 Å². The summed E-state index contributed by atoms with van der Waals surface area (Å²) >= 11 is 0. The second-order valence-electron chi connectivity index (χ2n) is 12.3. The molecule has 6 aromatic rings. The summed E-state index contributed by atoms with van der Waals surface area (Å²) in [5.74, 6) is -0.827. The Kier molecular flexibility index (Phi) is 6.90. The SMILES string of the molecule is CC1CC=Cc2c1c1c(-c3ccc(C(F)(F)F)c(C#N)c3)cccc1n2-c1cccc2c1C(=O)N(c1ccccc1-c1ccccc1)C2=O. The Labute approximate surface area is 279 Å². The number of hydrogen-bond acceptors (Lipinski definition) is 3. The van der Waals surface area contributed by atoms with E-state index in [1.165, 1.54) is 17.0 Å². The van der Waals surface area contributed by atoms with Gasteiger partial charge in [-0.3, -0.25) is 9.59 Å². The van der Waals surface area contributed by atoms with Gasteiger partial charge in [0, 0.05) is 10.9 Å². The number of nitriles is 1. The number of benzene rings is 5. The van der Waals surface area contributed by atoms with E-state index in [-0.39, 0.29) is 17.0 Å². The maximum absolute atomic E-state index is 14.5. The van der Waals surface area contributed by atoms with Gasteiger partial charge in [-0.2, -0.15) is 18.4 Å². The normalized spacial score (nSPS) is 15.4. The van der Waals surface area contributed by atoms with Crippen molar-refractivity contribution in [3.8, 4) is 34.0 Å². The molecule has 1 aromatic heterocycles. The fraction of sp³-hybridized carbons (Fsp3) is 0.0976. The zero-order valence-corrected chi connectivity index (χ0v) is 26.1. The van der Waals surface area contributed by atoms with Crippen LogP contribution in [-0.4, -0.2) is 16.4 Å². The molecule has 2 amide bonds. The number of para-hydroxylation sites is 1. The number of aromatic nitrogens is 1. The number of carbonyl (C=O) groups excluding carboxylic acids is 2. The van der Waals surface area contributed by atoms with Crippen LogP contribution in [0.5, 0.6) is 0 Å². The molecule has 0 spiro atoms. The highest BCUT2D eigenvalue weighted by Crippen LogP contribution is 2.46. The molecule has 1 aliphatic carbocycles. The van der Waals surface area contributed by atoms with Gasteiger partial charge in [0.25, 0.3) is 11.8 Å². The second kappa shape index (κ2) is 11.2. The highest BCUT2D eigenvalue weighted by atomic mass is 19.4. The van der Waals surface area contributed by atoms with E-state index in [0.29, 0.717) is 22.5 Å². The third kappa shape index (κ3) is 4.61. The molecule has 0 saturated heterocycles. The standard InChI is InChI=1S/C41H26F3N3O2/c1-24-10-7-17-33-36(24)37-29(26-20-21-31(41(42,43)44)27(22-26)23-45)14-8-18-34(37)46(33)35-19-9-15-30-38(35)40(49)47(39(30)48)32-16-6-5-13-28(32)25-11-3-2-4-12-25/h2-9,11-22,24H,10H2,1H3. The monoisotopic (exact) mass is 649 g/mol. The molecular formula is C41H26F3N3O2. The van der Waals surface area contributed by atoms with Crippen molar-refractivity contribution in [2.75, 3.05) is 4.90 Å². The van der Waals surface area contributed by atoms with Crippen LogP contribution in [0.4, 0.5) is 18.9 Å². The van der Waals surface area contributed by atoms with Crippen molar-refractivity contribution in [3.63, 3.8) is 0 Å². The van der Waals surface area contributed by atoms with Crippen LogP contribution in [-0.2, 0) is 6.18 Å². The van der Waals surface area contributed by atoms with Crippen LogP contribution in [0.25, 0.3) is 44.9 Å². The molecule has 0 radical (unpaired) electrons. The van der Waals surface area contributed by atoms with Crippen LogP contribution in [0.3, 0.4) is 0 Å². The van der Waals surface area contributed by atoms with Crippen molar-refractivity contribution >= 4 is 34.5 Å². The van der Waals surface area contributed by atoms with Crippen LogP contribution in [0.2, 0.25) is 0 Å². The van der Waals surface area contributed by atoms with E-state index in [1.807, 2.05) is 77.4 Å². The molecule has 8 rings (SSSR count). The molecule has 238 valence electrons. The minimum atomic E-state index is -4.66. The van der Waals surface area contributed by atoms with E-state index < -0.39 is 29.1 Å². The van der Waals surface area contributed by atoms with Gasteiger partial charge in [0.15, 0.2) is 0 Å². The lowest BCUT2D eigenvalue weighted by Crippen LogP contribution is -2.30. The number of fused-ring (bicyclic) bond motifs is 4. The molecule has 5 aromatic carbocycles. The molecule has 1 aliphatic heterocycles. The molecule has 0 bridgehead atoms. The van der Waals surface area contributed by atoms with Crippen LogP contribution < -0.4 is 4.90 Å². The summed E-state index contributed by atoms with van der Waals surface area (Å²) in [5.41, 5.74) is 5.44. The minimum Gasteiger partial charge on any atom is -0.309 e. The number of imide groups is 1. The minimum absolute atomic E-state index is 0.0399. The number of anilines is 1. The highest BCUT2D eigenvalue weighted by molar-refractivity contribution is 6.36. The Balaban J connectivity index is 1.35. The van der Waals surface area contributed by atoms with Crippen molar-refractivity contribution < 1.29 is 22.8 Å². The molecule has 1 unspecified atom stereocenters. The number of carbonyl (C=O) groups is 2.